The summed E-state index contributed by atoms with van der Waals surface area (Å²) in [6, 6.07) is 16.0. The number of benzene rings is 2. The maximum Gasteiger partial charge on any atom is 0.246 e. The molecule has 2 aliphatic heterocycles. The van der Waals surface area contributed by atoms with E-state index in [1.54, 1.807) is 4.90 Å². The molecule has 2 unspecified atom stereocenters. The SMILES string of the molecule is CC(C)c1ccc(C2c3[nH]c4ccccc4c3CC3C(=O)N(CCCN(C)C)CC(=O)N32)cc1. The highest BCUT2D eigenvalue weighted by Crippen LogP contribution is 2.42. The van der Waals surface area contributed by atoms with E-state index in [2.05, 4.69) is 60.1 Å². The molecular weight excluding hydrogens is 424 g/mol. The quantitative estimate of drug-likeness (QED) is 0.609. The van der Waals surface area contributed by atoms with Gasteiger partial charge < -0.3 is 19.7 Å². The van der Waals surface area contributed by atoms with Crippen molar-refractivity contribution in [3.8, 4) is 0 Å². The standard InChI is InChI=1S/C28H34N4O2/c1-18(2)19-10-12-20(13-11-19)27-26-22(21-8-5-6-9-23(21)29-26)16-24-28(34)31(15-7-14-30(3)4)17-25(33)32(24)27/h5-6,8-13,18,24,27,29H,7,14-17H2,1-4H3. The topological polar surface area (TPSA) is 59.7 Å². The summed E-state index contributed by atoms with van der Waals surface area (Å²) in [5, 5.41) is 1.14. The van der Waals surface area contributed by atoms with E-state index in [-0.39, 0.29) is 24.4 Å². The van der Waals surface area contributed by atoms with Crippen molar-refractivity contribution in [1.29, 1.82) is 0 Å². The molecule has 5 rings (SSSR count). The molecule has 3 heterocycles. The summed E-state index contributed by atoms with van der Waals surface area (Å²) in [5.74, 6) is 0.528. The lowest BCUT2D eigenvalue weighted by Crippen LogP contribution is -2.63. The fraction of sp³-hybridized carbons (Fsp3) is 0.429. The molecule has 0 aliphatic carbocycles. The number of nitrogens with zero attached hydrogens (tertiary/aromatic N) is 3. The predicted molar refractivity (Wildman–Crippen MR) is 135 cm³/mol. The Morgan fingerprint density at radius 3 is 2.50 bits per heavy atom. The summed E-state index contributed by atoms with van der Waals surface area (Å²) in [4.78, 5) is 36.6. The van der Waals surface area contributed by atoms with E-state index in [4.69, 9.17) is 0 Å². The Hall–Kier alpha value is -3.12. The number of piperazine rings is 1. The highest BCUT2D eigenvalue weighted by molar-refractivity contribution is 5.97. The van der Waals surface area contributed by atoms with Crippen molar-refractivity contribution >= 4 is 22.7 Å². The number of rotatable bonds is 6. The van der Waals surface area contributed by atoms with Gasteiger partial charge in [-0.15, -0.1) is 0 Å². The molecule has 1 saturated heterocycles. The first-order valence-corrected chi connectivity index (χ1v) is 12.3. The number of H-pyrrole nitrogens is 1. The number of hydrogen-bond acceptors (Lipinski definition) is 3. The minimum Gasteiger partial charge on any atom is -0.356 e. The Kier molecular flexibility index (Phi) is 5.94. The minimum atomic E-state index is -0.470. The Morgan fingerprint density at radius 1 is 1.06 bits per heavy atom. The van der Waals surface area contributed by atoms with Crippen LogP contribution >= 0.6 is 0 Å². The van der Waals surface area contributed by atoms with E-state index in [1.165, 1.54) is 5.56 Å². The maximum atomic E-state index is 13.7. The smallest absolute Gasteiger partial charge is 0.246 e. The van der Waals surface area contributed by atoms with Crippen LogP contribution in [0.3, 0.4) is 0 Å². The van der Waals surface area contributed by atoms with Crippen molar-refractivity contribution in [2.24, 2.45) is 0 Å². The molecule has 0 saturated carbocycles. The third-order valence-electron chi connectivity index (χ3n) is 7.29. The molecule has 1 fully saturated rings. The number of fused-ring (bicyclic) bond motifs is 4. The van der Waals surface area contributed by atoms with Crippen LogP contribution in [0.25, 0.3) is 10.9 Å². The molecule has 2 aromatic carbocycles. The summed E-state index contributed by atoms with van der Waals surface area (Å²) in [5.41, 5.74) is 5.56. The summed E-state index contributed by atoms with van der Waals surface area (Å²) < 4.78 is 0. The van der Waals surface area contributed by atoms with Crippen LogP contribution in [0, 0.1) is 0 Å². The molecule has 6 heteroatoms. The molecule has 6 nitrogen and oxygen atoms in total. The van der Waals surface area contributed by atoms with Gasteiger partial charge in [0.05, 0.1) is 12.6 Å². The van der Waals surface area contributed by atoms with E-state index in [0.29, 0.717) is 18.9 Å². The van der Waals surface area contributed by atoms with Gasteiger partial charge >= 0.3 is 0 Å². The van der Waals surface area contributed by atoms with E-state index < -0.39 is 6.04 Å². The van der Waals surface area contributed by atoms with Crippen LogP contribution in [0.2, 0.25) is 0 Å². The summed E-state index contributed by atoms with van der Waals surface area (Å²) in [7, 11) is 4.06. The van der Waals surface area contributed by atoms with Gasteiger partial charge in [0.25, 0.3) is 0 Å². The van der Waals surface area contributed by atoms with Gasteiger partial charge in [0.1, 0.15) is 6.04 Å². The van der Waals surface area contributed by atoms with Crippen LogP contribution in [0.4, 0.5) is 0 Å². The Balaban J connectivity index is 1.57. The van der Waals surface area contributed by atoms with Gasteiger partial charge in [-0.05, 0) is 55.7 Å². The molecule has 178 valence electrons. The summed E-state index contributed by atoms with van der Waals surface area (Å²) >= 11 is 0. The molecule has 0 bridgehead atoms. The Labute approximate surface area is 201 Å². The number of carbonyl (C=O) groups excluding carboxylic acids is 2. The van der Waals surface area contributed by atoms with Crippen LogP contribution < -0.4 is 0 Å². The van der Waals surface area contributed by atoms with Crippen molar-refractivity contribution in [2.75, 3.05) is 33.7 Å². The lowest BCUT2D eigenvalue weighted by molar-refractivity contribution is -0.158. The molecule has 34 heavy (non-hydrogen) atoms. The van der Waals surface area contributed by atoms with Gasteiger partial charge in [-0.1, -0.05) is 56.3 Å². The summed E-state index contributed by atoms with van der Waals surface area (Å²) in [6.07, 6.45) is 1.41. The van der Waals surface area contributed by atoms with Crippen molar-refractivity contribution in [3.05, 3.63) is 70.9 Å². The number of aromatic nitrogens is 1. The molecule has 1 aromatic heterocycles. The van der Waals surface area contributed by atoms with Crippen LogP contribution in [0.5, 0.6) is 0 Å². The fourth-order valence-electron chi connectivity index (χ4n) is 5.50. The van der Waals surface area contributed by atoms with E-state index in [9.17, 15) is 9.59 Å². The van der Waals surface area contributed by atoms with Gasteiger partial charge in [0.15, 0.2) is 0 Å². The number of nitrogens with one attached hydrogen (secondary N) is 1. The normalized spacial score (nSPS) is 20.4. The molecule has 2 amide bonds. The number of para-hydroxylation sites is 1. The maximum absolute atomic E-state index is 13.7. The van der Waals surface area contributed by atoms with Crippen LogP contribution in [-0.2, 0) is 16.0 Å². The van der Waals surface area contributed by atoms with Crippen molar-refractivity contribution in [2.45, 2.75) is 44.7 Å². The zero-order valence-electron chi connectivity index (χ0n) is 20.5. The highest BCUT2D eigenvalue weighted by Gasteiger charge is 2.48. The zero-order valence-corrected chi connectivity index (χ0v) is 20.5. The second kappa shape index (κ2) is 8.91. The molecule has 3 aromatic rings. The molecule has 2 aliphatic rings. The van der Waals surface area contributed by atoms with Crippen LogP contribution in [-0.4, -0.2) is 71.3 Å². The van der Waals surface area contributed by atoms with E-state index in [1.807, 2.05) is 31.1 Å². The molecule has 0 radical (unpaired) electrons. The van der Waals surface area contributed by atoms with E-state index >= 15 is 0 Å². The zero-order chi connectivity index (χ0) is 24.0. The second-order valence-electron chi connectivity index (χ2n) is 10.2. The van der Waals surface area contributed by atoms with Crippen molar-refractivity contribution in [3.63, 3.8) is 0 Å². The van der Waals surface area contributed by atoms with Gasteiger partial charge in [-0.2, -0.15) is 0 Å². The predicted octanol–water partition coefficient (Wildman–Crippen LogP) is 3.93. The van der Waals surface area contributed by atoms with Gasteiger partial charge in [-0.25, -0.2) is 0 Å². The van der Waals surface area contributed by atoms with Crippen LogP contribution in [0.15, 0.2) is 48.5 Å². The second-order valence-corrected chi connectivity index (χ2v) is 10.2. The largest absolute Gasteiger partial charge is 0.356 e. The number of aromatic amines is 1. The summed E-state index contributed by atoms with van der Waals surface area (Å²) in [6.45, 7) is 6.02. The lowest BCUT2D eigenvalue weighted by Gasteiger charge is -2.47. The molecule has 2 atom stereocenters. The average molecular weight is 459 g/mol. The average Bonchev–Trinajstić information content (AvgIpc) is 3.19. The molecule has 1 N–H and O–H groups in total. The Bertz CT molecular complexity index is 1210. The lowest BCUT2D eigenvalue weighted by atomic mass is 9.85. The first kappa shape index (κ1) is 22.7. The first-order valence-electron chi connectivity index (χ1n) is 12.3. The number of carbonyl (C=O) groups is 2. The number of amides is 2. The minimum absolute atomic E-state index is 0.0247. The molecular formula is C28H34N4O2. The van der Waals surface area contributed by atoms with Crippen molar-refractivity contribution in [1.82, 2.24) is 19.7 Å². The highest BCUT2D eigenvalue weighted by atomic mass is 16.2. The van der Waals surface area contributed by atoms with Crippen LogP contribution in [0.1, 0.15) is 54.6 Å². The first-order chi connectivity index (χ1) is 16.3. The van der Waals surface area contributed by atoms with Gasteiger partial charge in [0, 0.05) is 29.6 Å². The van der Waals surface area contributed by atoms with Crippen molar-refractivity contribution < 1.29 is 9.59 Å². The van der Waals surface area contributed by atoms with Gasteiger partial charge in [0.2, 0.25) is 11.8 Å². The monoisotopic (exact) mass is 458 g/mol. The number of hydrogen-bond donors (Lipinski definition) is 1. The Morgan fingerprint density at radius 2 is 1.79 bits per heavy atom. The fourth-order valence-corrected chi connectivity index (χ4v) is 5.50. The van der Waals surface area contributed by atoms with E-state index in [0.717, 1.165) is 40.7 Å². The third kappa shape index (κ3) is 3.90. The molecule has 0 spiro atoms. The van der Waals surface area contributed by atoms with Gasteiger partial charge in [-0.3, -0.25) is 9.59 Å². The third-order valence-corrected chi connectivity index (χ3v) is 7.29.